The molecule has 0 aromatic carbocycles. The summed E-state index contributed by atoms with van der Waals surface area (Å²) in [5, 5.41) is 10.5. The zero-order valence-corrected chi connectivity index (χ0v) is 19.3. The molecule has 5 aliphatic rings. The monoisotopic (exact) mass is 424 g/mol. The minimum atomic E-state index is -0.617. The van der Waals surface area contributed by atoms with E-state index in [1.165, 1.54) is 18.4 Å². The molecule has 0 amide bonds. The van der Waals surface area contributed by atoms with Crippen LogP contribution in [0.25, 0.3) is 0 Å². The number of ketones is 1. The summed E-state index contributed by atoms with van der Waals surface area (Å²) in [5.74, 6) is 2.00. The van der Waals surface area contributed by atoms with E-state index in [0.29, 0.717) is 23.7 Å². The second kappa shape index (κ2) is 7.16. The summed E-state index contributed by atoms with van der Waals surface area (Å²) in [6.07, 6.45) is 12.2. The van der Waals surface area contributed by atoms with E-state index in [1.54, 1.807) is 12.2 Å². The summed E-state index contributed by atoms with van der Waals surface area (Å²) >= 11 is 0. The lowest BCUT2D eigenvalue weighted by atomic mass is 9.47. The Morgan fingerprint density at radius 3 is 2.65 bits per heavy atom. The third kappa shape index (κ3) is 2.97. The van der Waals surface area contributed by atoms with E-state index in [0.717, 1.165) is 43.3 Å². The Kier molecular flexibility index (Phi) is 4.89. The van der Waals surface area contributed by atoms with Gasteiger partial charge in [0.15, 0.2) is 5.78 Å². The molecule has 0 spiro atoms. The molecule has 1 N–H and O–H groups in total. The van der Waals surface area contributed by atoms with Gasteiger partial charge in [-0.25, -0.2) is 4.79 Å². The summed E-state index contributed by atoms with van der Waals surface area (Å²) in [6, 6.07) is 0. The number of hydrogen-bond donors (Lipinski definition) is 1. The highest BCUT2D eigenvalue weighted by atomic mass is 16.5. The SMILES string of the molecule is CC1=C(C)C(=O)OC(CC2CCC3C4CC=C5C(O)C=CC(=O)C5(C)C4CCC23C)C1. The molecule has 4 aliphatic carbocycles. The number of carbonyl (C=O) groups excluding carboxylic acids is 2. The maximum atomic E-state index is 13.0. The van der Waals surface area contributed by atoms with Crippen molar-refractivity contribution in [3.63, 3.8) is 0 Å². The first kappa shape index (κ1) is 21.2. The molecular weight excluding hydrogens is 388 g/mol. The molecule has 0 bridgehead atoms. The van der Waals surface area contributed by atoms with Crippen LogP contribution in [0.15, 0.2) is 34.9 Å². The van der Waals surface area contributed by atoms with Crippen molar-refractivity contribution in [1.82, 2.24) is 0 Å². The molecule has 168 valence electrons. The second-order valence-electron chi connectivity index (χ2n) is 11.3. The van der Waals surface area contributed by atoms with Crippen molar-refractivity contribution in [3.05, 3.63) is 34.9 Å². The van der Waals surface area contributed by atoms with Gasteiger partial charge in [-0.05, 0) is 106 Å². The number of fused-ring (bicyclic) bond motifs is 5. The first-order valence-corrected chi connectivity index (χ1v) is 12.1. The van der Waals surface area contributed by atoms with Gasteiger partial charge in [0, 0.05) is 12.0 Å². The van der Waals surface area contributed by atoms with E-state index in [4.69, 9.17) is 4.74 Å². The first-order chi connectivity index (χ1) is 14.7. The van der Waals surface area contributed by atoms with Gasteiger partial charge in [0.25, 0.3) is 0 Å². The second-order valence-corrected chi connectivity index (χ2v) is 11.3. The van der Waals surface area contributed by atoms with Gasteiger partial charge in [-0.15, -0.1) is 0 Å². The van der Waals surface area contributed by atoms with Crippen molar-refractivity contribution < 1.29 is 19.4 Å². The van der Waals surface area contributed by atoms with Crippen LogP contribution in [-0.2, 0) is 14.3 Å². The normalized spacial score (nSPS) is 46.8. The summed E-state index contributed by atoms with van der Waals surface area (Å²) in [5.41, 5.74) is 2.58. The molecule has 4 heteroatoms. The molecule has 1 heterocycles. The summed E-state index contributed by atoms with van der Waals surface area (Å²) in [4.78, 5) is 25.3. The fourth-order valence-electron chi connectivity index (χ4n) is 8.13. The van der Waals surface area contributed by atoms with Crippen LogP contribution >= 0.6 is 0 Å². The molecule has 8 unspecified atom stereocenters. The lowest BCUT2D eigenvalue weighted by Gasteiger charge is -2.56. The zero-order valence-electron chi connectivity index (χ0n) is 19.3. The van der Waals surface area contributed by atoms with Gasteiger partial charge in [-0.1, -0.05) is 18.6 Å². The Hall–Kier alpha value is -1.68. The standard InChI is InChI=1S/C27H36O4/c1-15-13-18(31-25(30)16(15)2)14-17-5-7-20-19-6-8-22-23(28)9-10-24(29)27(22,4)21(19)11-12-26(17,20)3/h8-10,17-21,23,28H,5-7,11-14H2,1-4H3. The highest BCUT2D eigenvalue weighted by Gasteiger charge is 2.60. The number of rotatable bonds is 2. The van der Waals surface area contributed by atoms with Gasteiger partial charge in [0.2, 0.25) is 0 Å². The van der Waals surface area contributed by atoms with Crippen molar-refractivity contribution >= 4 is 11.8 Å². The minimum Gasteiger partial charge on any atom is -0.459 e. The molecule has 0 radical (unpaired) electrons. The van der Waals surface area contributed by atoms with Crippen LogP contribution < -0.4 is 0 Å². The number of ether oxygens (including phenoxy) is 1. The van der Waals surface area contributed by atoms with Crippen molar-refractivity contribution in [1.29, 1.82) is 0 Å². The van der Waals surface area contributed by atoms with Crippen molar-refractivity contribution in [3.8, 4) is 0 Å². The molecule has 31 heavy (non-hydrogen) atoms. The number of aliphatic hydroxyl groups excluding tert-OH is 1. The number of hydrogen-bond acceptors (Lipinski definition) is 4. The molecule has 2 fully saturated rings. The third-order valence-corrected chi connectivity index (χ3v) is 10.1. The molecule has 5 rings (SSSR count). The number of esters is 1. The number of allylic oxidation sites excluding steroid dienone is 2. The Bertz CT molecular complexity index is 910. The summed E-state index contributed by atoms with van der Waals surface area (Å²) in [6.45, 7) is 8.47. The van der Waals surface area contributed by atoms with Crippen LogP contribution in [0.2, 0.25) is 0 Å². The number of carbonyl (C=O) groups is 2. The van der Waals surface area contributed by atoms with E-state index in [9.17, 15) is 14.7 Å². The smallest absolute Gasteiger partial charge is 0.333 e. The van der Waals surface area contributed by atoms with Crippen molar-refractivity contribution in [2.75, 3.05) is 0 Å². The van der Waals surface area contributed by atoms with Crippen LogP contribution in [0, 0.1) is 34.5 Å². The average Bonchev–Trinajstić information content (AvgIpc) is 3.05. The van der Waals surface area contributed by atoms with Gasteiger partial charge in [0.05, 0.1) is 11.5 Å². The minimum absolute atomic E-state index is 0.00470. The van der Waals surface area contributed by atoms with E-state index in [1.807, 2.05) is 6.92 Å². The average molecular weight is 425 g/mol. The molecule has 4 nitrogen and oxygen atoms in total. The topological polar surface area (TPSA) is 63.6 Å². The van der Waals surface area contributed by atoms with Gasteiger partial charge in [-0.3, -0.25) is 4.79 Å². The molecule has 0 saturated heterocycles. The lowest BCUT2D eigenvalue weighted by Crippen LogP contribution is -2.53. The highest BCUT2D eigenvalue weighted by molar-refractivity contribution is 5.99. The first-order valence-electron chi connectivity index (χ1n) is 12.1. The summed E-state index contributed by atoms with van der Waals surface area (Å²) in [7, 11) is 0. The largest absolute Gasteiger partial charge is 0.459 e. The maximum absolute atomic E-state index is 13.0. The van der Waals surface area contributed by atoms with Crippen LogP contribution in [0.1, 0.15) is 72.6 Å². The molecule has 2 saturated carbocycles. The maximum Gasteiger partial charge on any atom is 0.333 e. The van der Waals surface area contributed by atoms with E-state index >= 15 is 0 Å². The fourth-order valence-corrected chi connectivity index (χ4v) is 8.13. The Balaban J connectivity index is 1.38. The highest BCUT2D eigenvalue weighted by Crippen LogP contribution is 2.66. The molecule has 8 atom stereocenters. The molecular formula is C27H36O4. The molecule has 0 aromatic heterocycles. The number of cyclic esters (lactones) is 1. The Morgan fingerprint density at radius 2 is 1.90 bits per heavy atom. The third-order valence-electron chi connectivity index (χ3n) is 10.1. The Morgan fingerprint density at radius 1 is 1.13 bits per heavy atom. The Labute approximate surface area is 185 Å². The fraction of sp³-hybridized carbons (Fsp3) is 0.704. The van der Waals surface area contributed by atoms with Crippen molar-refractivity contribution in [2.24, 2.45) is 34.5 Å². The number of aliphatic hydroxyl groups is 1. The molecule has 0 aromatic rings. The van der Waals surface area contributed by atoms with Crippen LogP contribution in [-0.4, -0.2) is 29.1 Å². The van der Waals surface area contributed by atoms with E-state index in [-0.39, 0.29) is 23.3 Å². The quantitative estimate of drug-likeness (QED) is 0.505. The van der Waals surface area contributed by atoms with Gasteiger partial charge >= 0.3 is 5.97 Å². The van der Waals surface area contributed by atoms with Crippen molar-refractivity contribution in [2.45, 2.75) is 84.8 Å². The predicted molar refractivity (Wildman–Crippen MR) is 119 cm³/mol. The van der Waals surface area contributed by atoms with Crippen LogP contribution in [0.3, 0.4) is 0 Å². The predicted octanol–water partition coefficient (Wildman–Crippen LogP) is 4.92. The van der Waals surface area contributed by atoms with Gasteiger partial charge in [0.1, 0.15) is 6.10 Å². The van der Waals surface area contributed by atoms with Crippen LogP contribution in [0.4, 0.5) is 0 Å². The van der Waals surface area contributed by atoms with E-state index < -0.39 is 11.5 Å². The molecule has 1 aliphatic heterocycles. The van der Waals surface area contributed by atoms with Gasteiger partial charge < -0.3 is 9.84 Å². The lowest BCUT2D eigenvalue weighted by molar-refractivity contribution is -0.147. The zero-order chi connectivity index (χ0) is 22.1. The summed E-state index contributed by atoms with van der Waals surface area (Å²) < 4.78 is 5.79. The van der Waals surface area contributed by atoms with E-state index in [2.05, 4.69) is 26.8 Å². The van der Waals surface area contributed by atoms with Crippen LogP contribution in [0.5, 0.6) is 0 Å². The van der Waals surface area contributed by atoms with Gasteiger partial charge in [-0.2, -0.15) is 0 Å².